The van der Waals surface area contributed by atoms with E-state index in [1.165, 1.54) is 4.68 Å². The number of aliphatic carboxylic acids is 1. The topological polar surface area (TPSA) is 106 Å². The number of carboxylic acid groups (broad SMARTS) is 1. The van der Waals surface area contributed by atoms with E-state index in [0.29, 0.717) is 18.5 Å². The molecule has 2 aromatic rings. The molecule has 0 saturated carbocycles. The molecule has 158 valence electrons. The van der Waals surface area contributed by atoms with E-state index in [2.05, 4.69) is 15.6 Å². The number of carboxylic acids is 1. The molecule has 0 radical (unpaired) electrons. The van der Waals surface area contributed by atoms with Crippen molar-refractivity contribution in [2.45, 2.75) is 65.1 Å². The predicted molar refractivity (Wildman–Crippen MR) is 108 cm³/mol. The molecule has 1 aromatic carbocycles. The standard InChI is InChI=1S/C21H30N4O4/c1-14(2)11-18(19(26)27)25-13-17(23-24-25)16(12-15-9-7-6-8-10-15)22-20(28)29-21(3,4)5/h6-10,13-14,16,18H,11-12H2,1-5H3,(H,22,28)(H,26,27)/t16-,18-/m0/s1. The van der Waals surface area contributed by atoms with Gasteiger partial charge in [-0.25, -0.2) is 14.3 Å². The molecule has 2 N–H and O–H groups in total. The van der Waals surface area contributed by atoms with Crippen LogP contribution in [0.4, 0.5) is 4.79 Å². The molecule has 29 heavy (non-hydrogen) atoms. The number of nitrogens with one attached hydrogen (secondary N) is 1. The number of amides is 1. The summed E-state index contributed by atoms with van der Waals surface area (Å²) in [6, 6.07) is 8.34. The maximum atomic E-state index is 12.3. The van der Waals surface area contributed by atoms with Crippen molar-refractivity contribution in [2.24, 2.45) is 5.92 Å². The molecule has 0 aliphatic heterocycles. The van der Waals surface area contributed by atoms with Crippen LogP contribution in [0, 0.1) is 5.92 Å². The average Bonchev–Trinajstić information content (AvgIpc) is 3.07. The Morgan fingerprint density at radius 3 is 2.41 bits per heavy atom. The molecule has 2 atom stereocenters. The van der Waals surface area contributed by atoms with Crippen LogP contribution in [0.3, 0.4) is 0 Å². The summed E-state index contributed by atoms with van der Waals surface area (Å²) in [5.41, 5.74) is 0.847. The Morgan fingerprint density at radius 2 is 1.86 bits per heavy atom. The highest BCUT2D eigenvalue weighted by Gasteiger charge is 2.26. The van der Waals surface area contributed by atoms with Gasteiger partial charge in [0.15, 0.2) is 6.04 Å². The summed E-state index contributed by atoms with van der Waals surface area (Å²) in [7, 11) is 0. The SMILES string of the molecule is CC(C)C[C@@H](C(=O)O)n1cc([C@H](Cc2ccccc2)NC(=O)OC(C)(C)C)nn1. The van der Waals surface area contributed by atoms with Gasteiger partial charge in [0.1, 0.15) is 11.3 Å². The van der Waals surface area contributed by atoms with E-state index >= 15 is 0 Å². The van der Waals surface area contributed by atoms with Crippen LogP contribution in [0.2, 0.25) is 0 Å². The highest BCUT2D eigenvalue weighted by molar-refractivity contribution is 5.71. The zero-order chi connectivity index (χ0) is 21.6. The zero-order valence-corrected chi connectivity index (χ0v) is 17.6. The summed E-state index contributed by atoms with van der Waals surface area (Å²) < 4.78 is 6.73. The predicted octanol–water partition coefficient (Wildman–Crippen LogP) is 3.76. The highest BCUT2D eigenvalue weighted by atomic mass is 16.6. The summed E-state index contributed by atoms with van der Waals surface area (Å²) >= 11 is 0. The lowest BCUT2D eigenvalue weighted by atomic mass is 10.0. The summed E-state index contributed by atoms with van der Waals surface area (Å²) in [4.78, 5) is 24.0. The quantitative estimate of drug-likeness (QED) is 0.696. The van der Waals surface area contributed by atoms with Gasteiger partial charge in [-0.05, 0) is 45.1 Å². The molecular formula is C21H30N4O4. The molecule has 8 nitrogen and oxygen atoms in total. The summed E-state index contributed by atoms with van der Waals surface area (Å²) in [5.74, 6) is -0.779. The van der Waals surface area contributed by atoms with E-state index in [-0.39, 0.29) is 5.92 Å². The number of carbonyl (C=O) groups is 2. The van der Waals surface area contributed by atoms with E-state index < -0.39 is 29.7 Å². The fourth-order valence-electron chi connectivity index (χ4n) is 2.90. The van der Waals surface area contributed by atoms with Gasteiger partial charge in [-0.2, -0.15) is 0 Å². The average molecular weight is 402 g/mol. The van der Waals surface area contributed by atoms with Crippen LogP contribution in [-0.2, 0) is 16.0 Å². The molecule has 0 fully saturated rings. The zero-order valence-electron chi connectivity index (χ0n) is 17.6. The smallest absolute Gasteiger partial charge is 0.408 e. The highest BCUT2D eigenvalue weighted by Crippen LogP contribution is 2.21. The van der Waals surface area contributed by atoms with Crippen LogP contribution in [0.5, 0.6) is 0 Å². The maximum Gasteiger partial charge on any atom is 0.408 e. The Labute approximate surface area is 171 Å². The number of ether oxygens (including phenoxy) is 1. The number of hydrogen-bond donors (Lipinski definition) is 2. The molecule has 1 heterocycles. The first-order chi connectivity index (χ1) is 13.5. The first-order valence-corrected chi connectivity index (χ1v) is 9.73. The first-order valence-electron chi connectivity index (χ1n) is 9.73. The number of carbonyl (C=O) groups excluding carboxylic acids is 1. The van der Waals surface area contributed by atoms with E-state index in [1.54, 1.807) is 27.0 Å². The molecular weight excluding hydrogens is 372 g/mol. The molecule has 0 unspecified atom stereocenters. The normalized spacial score (nSPS) is 13.7. The summed E-state index contributed by atoms with van der Waals surface area (Å²) in [5, 5.41) is 20.6. The van der Waals surface area contributed by atoms with Crippen LogP contribution >= 0.6 is 0 Å². The number of nitrogens with zero attached hydrogens (tertiary/aromatic N) is 3. The Kier molecular flexibility index (Phi) is 7.36. The van der Waals surface area contributed by atoms with Crippen molar-refractivity contribution in [3.05, 3.63) is 47.8 Å². The van der Waals surface area contributed by atoms with Crippen molar-refractivity contribution >= 4 is 12.1 Å². The number of rotatable bonds is 8. The van der Waals surface area contributed by atoms with Gasteiger partial charge in [0.25, 0.3) is 0 Å². The van der Waals surface area contributed by atoms with Gasteiger partial charge in [0, 0.05) is 0 Å². The van der Waals surface area contributed by atoms with Gasteiger partial charge in [0.2, 0.25) is 0 Å². The second-order valence-electron chi connectivity index (χ2n) is 8.50. The third kappa shape index (κ3) is 7.21. The van der Waals surface area contributed by atoms with Crippen LogP contribution in [0.1, 0.15) is 64.4 Å². The Bertz CT molecular complexity index is 812. The molecule has 0 aliphatic carbocycles. The number of hydrogen-bond acceptors (Lipinski definition) is 5. The molecule has 2 rings (SSSR count). The lowest BCUT2D eigenvalue weighted by Gasteiger charge is -2.23. The van der Waals surface area contributed by atoms with Gasteiger partial charge >= 0.3 is 12.1 Å². The van der Waals surface area contributed by atoms with Crippen LogP contribution < -0.4 is 5.32 Å². The van der Waals surface area contributed by atoms with E-state index in [0.717, 1.165) is 5.56 Å². The minimum atomic E-state index is -0.963. The van der Waals surface area contributed by atoms with Crippen molar-refractivity contribution in [1.29, 1.82) is 0 Å². The largest absolute Gasteiger partial charge is 0.480 e. The van der Waals surface area contributed by atoms with Crippen molar-refractivity contribution < 1.29 is 19.4 Å². The van der Waals surface area contributed by atoms with Crippen LogP contribution in [0.25, 0.3) is 0 Å². The number of benzene rings is 1. The third-order valence-electron chi connectivity index (χ3n) is 4.16. The van der Waals surface area contributed by atoms with Crippen molar-refractivity contribution in [3.63, 3.8) is 0 Å². The Balaban J connectivity index is 2.27. The fourth-order valence-corrected chi connectivity index (χ4v) is 2.90. The Morgan fingerprint density at radius 1 is 1.21 bits per heavy atom. The number of alkyl carbamates (subject to hydrolysis) is 1. The van der Waals surface area contributed by atoms with E-state index in [9.17, 15) is 14.7 Å². The van der Waals surface area contributed by atoms with Gasteiger partial charge in [-0.15, -0.1) is 5.10 Å². The van der Waals surface area contributed by atoms with Crippen LogP contribution in [-0.4, -0.2) is 37.8 Å². The van der Waals surface area contributed by atoms with Crippen molar-refractivity contribution in [2.75, 3.05) is 0 Å². The molecule has 8 heteroatoms. The molecule has 0 saturated heterocycles. The van der Waals surface area contributed by atoms with Gasteiger partial charge in [-0.1, -0.05) is 49.4 Å². The second-order valence-corrected chi connectivity index (χ2v) is 8.50. The third-order valence-corrected chi connectivity index (χ3v) is 4.16. The van der Waals surface area contributed by atoms with E-state index in [4.69, 9.17) is 4.74 Å². The maximum absolute atomic E-state index is 12.3. The molecule has 0 aliphatic rings. The van der Waals surface area contributed by atoms with Crippen molar-refractivity contribution in [1.82, 2.24) is 20.3 Å². The Hall–Kier alpha value is -2.90. The fraction of sp³-hybridized carbons (Fsp3) is 0.524. The lowest BCUT2D eigenvalue weighted by molar-refractivity contribution is -0.141. The van der Waals surface area contributed by atoms with Crippen LogP contribution in [0.15, 0.2) is 36.5 Å². The van der Waals surface area contributed by atoms with Gasteiger partial charge in [0.05, 0.1) is 12.2 Å². The molecule has 1 aromatic heterocycles. The van der Waals surface area contributed by atoms with Gasteiger partial charge in [-0.3, -0.25) is 0 Å². The molecule has 1 amide bonds. The second kappa shape index (κ2) is 9.54. The minimum Gasteiger partial charge on any atom is -0.480 e. The monoisotopic (exact) mass is 402 g/mol. The summed E-state index contributed by atoms with van der Waals surface area (Å²) in [6.07, 6.45) is 1.93. The van der Waals surface area contributed by atoms with Gasteiger partial charge < -0.3 is 15.2 Å². The minimum absolute atomic E-state index is 0.184. The molecule has 0 bridgehead atoms. The van der Waals surface area contributed by atoms with E-state index in [1.807, 2.05) is 44.2 Å². The molecule has 0 spiro atoms. The number of aromatic nitrogens is 3. The first kappa shape index (κ1) is 22.4. The summed E-state index contributed by atoms with van der Waals surface area (Å²) in [6.45, 7) is 9.28. The lowest BCUT2D eigenvalue weighted by Crippen LogP contribution is -2.36. The van der Waals surface area contributed by atoms with Crippen molar-refractivity contribution in [3.8, 4) is 0 Å².